The average Bonchev–Trinajstić information content (AvgIpc) is 3.13. The van der Waals surface area contributed by atoms with E-state index in [1.165, 1.54) is 11.4 Å². The summed E-state index contributed by atoms with van der Waals surface area (Å²) in [5, 5.41) is 17.4. The van der Waals surface area contributed by atoms with Crippen LogP contribution in [0.5, 0.6) is 0 Å². The van der Waals surface area contributed by atoms with E-state index in [2.05, 4.69) is 44.5 Å². The number of thiophene rings is 1. The van der Waals surface area contributed by atoms with Crippen LogP contribution in [0.25, 0.3) is 0 Å². The SMILES string of the molecule is CN=C(NCC1(C)CCCCC1O)N1CCN(c2cccs2)CC1. The number of rotatable bonds is 3. The minimum atomic E-state index is -0.201. The zero-order chi connectivity index (χ0) is 17.0. The van der Waals surface area contributed by atoms with Crippen molar-refractivity contribution in [3.8, 4) is 0 Å². The van der Waals surface area contributed by atoms with E-state index in [4.69, 9.17) is 0 Å². The highest BCUT2D eigenvalue weighted by Gasteiger charge is 2.35. The van der Waals surface area contributed by atoms with Gasteiger partial charge in [-0.15, -0.1) is 11.3 Å². The van der Waals surface area contributed by atoms with Gasteiger partial charge in [0.2, 0.25) is 0 Å². The molecule has 1 aliphatic carbocycles. The van der Waals surface area contributed by atoms with Crippen LogP contribution in [-0.2, 0) is 0 Å². The van der Waals surface area contributed by atoms with Gasteiger partial charge < -0.3 is 20.2 Å². The lowest BCUT2D eigenvalue weighted by atomic mass is 9.73. The largest absolute Gasteiger partial charge is 0.392 e. The highest BCUT2D eigenvalue weighted by Crippen LogP contribution is 2.35. The lowest BCUT2D eigenvalue weighted by Gasteiger charge is -2.41. The van der Waals surface area contributed by atoms with E-state index in [0.717, 1.165) is 57.9 Å². The first-order chi connectivity index (χ1) is 11.6. The van der Waals surface area contributed by atoms with Crippen molar-refractivity contribution >= 4 is 22.3 Å². The molecule has 6 heteroatoms. The summed E-state index contributed by atoms with van der Waals surface area (Å²) in [4.78, 5) is 9.26. The molecule has 1 saturated heterocycles. The molecule has 2 aliphatic rings. The Bertz CT molecular complexity index is 539. The van der Waals surface area contributed by atoms with Crippen molar-refractivity contribution in [3.05, 3.63) is 17.5 Å². The molecule has 0 radical (unpaired) electrons. The maximum absolute atomic E-state index is 10.4. The molecule has 2 fully saturated rings. The van der Waals surface area contributed by atoms with Crippen molar-refractivity contribution in [2.75, 3.05) is 44.7 Å². The molecule has 1 aliphatic heterocycles. The van der Waals surface area contributed by atoms with Gasteiger partial charge in [0.25, 0.3) is 0 Å². The fourth-order valence-corrected chi connectivity index (χ4v) is 4.57. The molecule has 0 aromatic carbocycles. The van der Waals surface area contributed by atoms with Gasteiger partial charge in [-0.05, 0) is 30.4 Å². The standard InChI is InChI=1S/C18H30N4OS/c1-18(8-4-3-6-15(18)23)14-20-17(19-2)22-11-9-21(10-12-22)16-7-5-13-24-16/h5,7,13,15,23H,3-4,6,8-12,14H2,1-2H3,(H,19,20). The summed E-state index contributed by atoms with van der Waals surface area (Å²) in [5.41, 5.74) is -0.0347. The third kappa shape index (κ3) is 3.86. The van der Waals surface area contributed by atoms with Gasteiger partial charge in [-0.2, -0.15) is 0 Å². The van der Waals surface area contributed by atoms with Gasteiger partial charge in [0.05, 0.1) is 11.1 Å². The molecule has 3 rings (SSSR count). The predicted molar refractivity (Wildman–Crippen MR) is 102 cm³/mol. The van der Waals surface area contributed by atoms with Crippen molar-refractivity contribution in [3.63, 3.8) is 0 Å². The molecule has 2 unspecified atom stereocenters. The lowest BCUT2D eigenvalue weighted by Crippen LogP contribution is -2.54. The fourth-order valence-electron chi connectivity index (χ4n) is 3.79. The van der Waals surface area contributed by atoms with Gasteiger partial charge in [0.15, 0.2) is 5.96 Å². The Kier molecular flexibility index (Phi) is 5.66. The quantitative estimate of drug-likeness (QED) is 0.649. The first kappa shape index (κ1) is 17.5. The molecule has 1 aromatic rings. The van der Waals surface area contributed by atoms with E-state index < -0.39 is 0 Å². The molecule has 0 amide bonds. The summed E-state index contributed by atoms with van der Waals surface area (Å²) >= 11 is 1.81. The first-order valence-corrected chi connectivity index (χ1v) is 9.92. The maximum Gasteiger partial charge on any atom is 0.193 e. The Hall–Kier alpha value is -1.27. The van der Waals surface area contributed by atoms with Crippen LogP contribution in [0, 0.1) is 5.41 Å². The number of nitrogens with zero attached hydrogens (tertiary/aromatic N) is 3. The highest BCUT2D eigenvalue weighted by molar-refractivity contribution is 7.14. The summed E-state index contributed by atoms with van der Waals surface area (Å²) in [7, 11) is 1.85. The van der Waals surface area contributed by atoms with Crippen LogP contribution in [-0.4, -0.2) is 61.8 Å². The summed E-state index contributed by atoms with van der Waals surface area (Å²) < 4.78 is 0. The number of anilines is 1. The van der Waals surface area contributed by atoms with Crippen LogP contribution in [0.1, 0.15) is 32.6 Å². The van der Waals surface area contributed by atoms with E-state index in [1.807, 2.05) is 18.4 Å². The monoisotopic (exact) mass is 350 g/mol. The van der Waals surface area contributed by atoms with E-state index >= 15 is 0 Å². The van der Waals surface area contributed by atoms with Crippen LogP contribution in [0.15, 0.2) is 22.5 Å². The molecular weight excluding hydrogens is 320 g/mol. The zero-order valence-electron chi connectivity index (χ0n) is 14.9. The fraction of sp³-hybridized carbons (Fsp3) is 0.722. The first-order valence-electron chi connectivity index (χ1n) is 9.04. The Morgan fingerprint density at radius 2 is 2.17 bits per heavy atom. The molecule has 2 heterocycles. The average molecular weight is 351 g/mol. The molecule has 2 atom stereocenters. The van der Waals surface area contributed by atoms with Gasteiger partial charge in [0.1, 0.15) is 0 Å². The second-order valence-corrected chi connectivity index (χ2v) is 8.17. The van der Waals surface area contributed by atoms with E-state index in [9.17, 15) is 5.11 Å². The lowest BCUT2D eigenvalue weighted by molar-refractivity contribution is 0.00364. The molecule has 0 spiro atoms. The minimum absolute atomic E-state index is 0.0347. The molecule has 0 bridgehead atoms. The highest BCUT2D eigenvalue weighted by atomic mass is 32.1. The number of nitrogens with one attached hydrogen (secondary N) is 1. The molecular formula is C18H30N4OS. The van der Waals surface area contributed by atoms with Crippen molar-refractivity contribution in [2.45, 2.75) is 38.7 Å². The third-order valence-corrected chi connectivity index (χ3v) is 6.47. The molecule has 134 valence electrons. The van der Waals surface area contributed by atoms with Crippen LogP contribution in [0.4, 0.5) is 5.00 Å². The molecule has 2 N–H and O–H groups in total. The molecule has 24 heavy (non-hydrogen) atoms. The number of hydrogen-bond acceptors (Lipinski definition) is 4. The third-order valence-electron chi connectivity index (χ3n) is 5.54. The van der Waals surface area contributed by atoms with Crippen LogP contribution < -0.4 is 10.2 Å². The van der Waals surface area contributed by atoms with Crippen LogP contribution >= 0.6 is 11.3 Å². The molecule has 1 saturated carbocycles. The second kappa shape index (κ2) is 7.74. The van der Waals surface area contributed by atoms with Crippen molar-refractivity contribution in [1.29, 1.82) is 0 Å². The number of guanidine groups is 1. The van der Waals surface area contributed by atoms with E-state index in [-0.39, 0.29) is 11.5 Å². The summed E-state index contributed by atoms with van der Waals surface area (Å²) in [6.07, 6.45) is 4.18. The Balaban J connectivity index is 1.52. The van der Waals surface area contributed by atoms with E-state index in [0.29, 0.717) is 0 Å². The smallest absolute Gasteiger partial charge is 0.193 e. The normalized spacial score (nSPS) is 29.0. The van der Waals surface area contributed by atoms with Crippen LogP contribution in [0.2, 0.25) is 0 Å². The summed E-state index contributed by atoms with van der Waals surface area (Å²) in [5.74, 6) is 0.972. The van der Waals surface area contributed by atoms with Crippen molar-refractivity contribution in [2.24, 2.45) is 10.4 Å². The summed E-state index contributed by atoms with van der Waals surface area (Å²) in [6.45, 7) is 7.02. The number of hydrogen-bond donors (Lipinski definition) is 2. The topological polar surface area (TPSA) is 51.1 Å². The second-order valence-electron chi connectivity index (χ2n) is 7.24. The Morgan fingerprint density at radius 3 is 2.79 bits per heavy atom. The number of aliphatic hydroxyl groups is 1. The van der Waals surface area contributed by atoms with Gasteiger partial charge >= 0.3 is 0 Å². The minimum Gasteiger partial charge on any atom is -0.392 e. The maximum atomic E-state index is 10.4. The van der Waals surface area contributed by atoms with Crippen molar-refractivity contribution < 1.29 is 5.11 Å². The van der Waals surface area contributed by atoms with Gasteiger partial charge in [-0.1, -0.05) is 19.8 Å². The zero-order valence-corrected chi connectivity index (χ0v) is 15.7. The van der Waals surface area contributed by atoms with Gasteiger partial charge in [0, 0.05) is 45.2 Å². The number of aliphatic imine (C=N–C) groups is 1. The van der Waals surface area contributed by atoms with Gasteiger partial charge in [-0.3, -0.25) is 4.99 Å². The summed E-state index contributed by atoms with van der Waals surface area (Å²) in [6, 6.07) is 4.31. The Morgan fingerprint density at radius 1 is 1.38 bits per heavy atom. The van der Waals surface area contributed by atoms with Crippen molar-refractivity contribution in [1.82, 2.24) is 10.2 Å². The van der Waals surface area contributed by atoms with E-state index in [1.54, 1.807) is 0 Å². The number of aliphatic hydroxyl groups excluding tert-OH is 1. The van der Waals surface area contributed by atoms with Gasteiger partial charge in [-0.25, -0.2) is 0 Å². The Labute approximate surface area is 149 Å². The predicted octanol–water partition coefficient (Wildman–Crippen LogP) is 2.39. The molecule has 5 nitrogen and oxygen atoms in total. The number of piperazine rings is 1. The van der Waals surface area contributed by atoms with Crippen LogP contribution in [0.3, 0.4) is 0 Å². The molecule has 1 aromatic heterocycles.